The molecule has 0 saturated carbocycles. The zero-order valence-corrected chi connectivity index (χ0v) is 10.6. The number of nitrogens with one attached hydrogen (secondary N) is 1. The molecule has 1 atom stereocenters. The normalized spacial score (nSPS) is 13.4. The van der Waals surface area contributed by atoms with E-state index in [1.807, 2.05) is 12.2 Å². The Morgan fingerprint density at radius 2 is 1.79 bits per heavy atom. The summed E-state index contributed by atoms with van der Waals surface area (Å²) < 4.78 is 49.8. The molecule has 0 aliphatic heterocycles. The fourth-order valence-corrected chi connectivity index (χ4v) is 1.57. The molecule has 0 bridgehead atoms. The minimum atomic E-state index is -4.67. The quantitative estimate of drug-likeness (QED) is 0.820. The van der Waals surface area contributed by atoms with Crippen LogP contribution in [0.4, 0.5) is 17.6 Å². The largest absolute Gasteiger partial charge is 0.383 e. The third-order valence-corrected chi connectivity index (χ3v) is 2.77. The van der Waals surface area contributed by atoms with Crippen LogP contribution in [0.1, 0.15) is 30.5 Å². The zero-order valence-electron chi connectivity index (χ0n) is 10.6. The highest BCUT2D eigenvalue weighted by atomic mass is 19.3. The lowest BCUT2D eigenvalue weighted by Gasteiger charge is -2.21. The van der Waals surface area contributed by atoms with Crippen LogP contribution < -0.4 is 5.32 Å². The number of benzene rings is 1. The molecule has 0 aliphatic rings. The van der Waals surface area contributed by atoms with Gasteiger partial charge in [0.05, 0.1) is 6.04 Å². The Hall–Kier alpha value is -1.59. The third-order valence-electron chi connectivity index (χ3n) is 2.77. The lowest BCUT2D eigenvalue weighted by molar-refractivity contribution is -0.170. The second-order valence-electron chi connectivity index (χ2n) is 4.27. The molecule has 1 N–H and O–H groups in total. The van der Waals surface area contributed by atoms with E-state index < -0.39 is 24.3 Å². The van der Waals surface area contributed by atoms with E-state index in [0.29, 0.717) is 12.0 Å². The molecule has 106 valence electrons. The van der Waals surface area contributed by atoms with Gasteiger partial charge in [0, 0.05) is 0 Å². The van der Waals surface area contributed by atoms with Crippen molar-refractivity contribution in [2.24, 2.45) is 0 Å². The van der Waals surface area contributed by atoms with E-state index in [9.17, 15) is 22.4 Å². The van der Waals surface area contributed by atoms with Crippen molar-refractivity contribution in [3.8, 4) is 0 Å². The monoisotopic (exact) mass is 277 g/mol. The first-order valence-electron chi connectivity index (χ1n) is 5.82. The van der Waals surface area contributed by atoms with Gasteiger partial charge in [0.15, 0.2) is 0 Å². The summed E-state index contributed by atoms with van der Waals surface area (Å²) in [5, 5.41) is 1.96. The van der Waals surface area contributed by atoms with E-state index in [2.05, 4.69) is 0 Å². The van der Waals surface area contributed by atoms with Crippen molar-refractivity contribution in [1.82, 2.24) is 5.32 Å². The Morgan fingerprint density at radius 3 is 2.21 bits per heavy atom. The van der Waals surface area contributed by atoms with Gasteiger partial charge in [-0.15, -0.1) is 0 Å². The molecule has 1 unspecified atom stereocenters. The highest BCUT2D eigenvalue weighted by molar-refractivity contribution is 5.84. The van der Waals surface area contributed by atoms with Gasteiger partial charge in [-0.05, 0) is 18.9 Å². The number of alkyl halides is 4. The summed E-state index contributed by atoms with van der Waals surface area (Å²) in [4.78, 5) is 11.2. The van der Waals surface area contributed by atoms with Gasteiger partial charge in [-0.25, -0.2) is 8.78 Å². The molecule has 1 amide bonds. The van der Waals surface area contributed by atoms with Crippen molar-refractivity contribution in [1.29, 1.82) is 0 Å². The highest BCUT2D eigenvalue weighted by Gasteiger charge is 2.49. The van der Waals surface area contributed by atoms with E-state index in [4.69, 9.17) is 0 Å². The molecule has 6 heteroatoms. The molecule has 0 fully saturated rings. The van der Waals surface area contributed by atoms with E-state index in [0.717, 1.165) is 5.56 Å². The van der Waals surface area contributed by atoms with Crippen LogP contribution in [0.25, 0.3) is 0 Å². The fraction of sp³-hybridized carbons (Fsp3) is 0.462. The van der Waals surface area contributed by atoms with Crippen molar-refractivity contribution in [3.05, 3.63) is 35.4 Å². The zero-order chi connectivity index (χ0) is 14.6. The smallest absolute Gasteiger partial charge is 0.344 e. The van der Waals surface area contributed by atoms with Gasteiger partial charge in [0.2, 0.25) is 0 Å². The molecule has 0 aromatic heterocycles. The lowest BCUT2D eigenvalue weighted by Crippen LogP contribution is -2.46. The van der Waals surface area contributed by atoms with Crippen LogP contribution >= 0.6 is 0 Å². The van der Waals surface area contributed by atoms with Gasteiger partial charge in [-0.3, -0.25) is 4.79 Å². The topological polar surface area (TPSA) is 29.1 Å². The first kappa shape index (κ1) is 15.5. The van der Waals surface area contributed by atoms with Gasteiger partial charge < -0.3 is 5.32 Å². The summed E-state index contributed by atoms with van der Waals surface area (Å²) >= 11 is 0. The summed E-state index contributed by atoms with van der Waals surface area (Å²) in [5.74, 6) is -6.62. The van der Waals surface area contributed by atoms with Crippen molar-refractivity contribution >= 4 is 5.91 Å². The standard InChI is InChI=1S/C13H15F4NO/c1-3-10(9-6-4-8(2)5-7-9)18-12(19)13(16,17)11(14)15/h4-7,10-11H,3H2,1-2H3,(H,18,19). The van der Waals surface area contributed by atoms with Gasteiger partial charge >= 0.3 is 12.3 Å². The van der Waals surface area contributed by atoms with Gasteiger partial charge in [0.25, 0.3) is 5.91 Å². The van der Waals surface area contributed by atoms with Crippen molar-refractivity contribution < 1.29 is 22.4 Å². The average molecular weight is 277 g/mol. The Balaban J connectivity index is 2.83. The van der Waals surface area contributed by atoms with Crippen LogP contribution in [0, 0.1) is 6.92 Å². The third kappa shape index (κ3) is 3.68. The summed E-state index contributed by atoms with van der Waals surface area (Å²) in [6, 6.07) is 6.15. The van der Waals surface area contributed by atoms with Crippen molar-refractivity contribution in [2.75, 3.05) is 0 Å². The number of rotatable bonds is 5. The Kier molecular flexibility index (Phi) is 4.91. The van der Waals surface area contributed by atoms with Crippen LogP contribution in [0.2, 0.25) is 0 Å². The van der Waals surface area contributed by atoms with E-state index in [-0.39, 0.29) is 0 Å². The number of carbonyl (C=O) groups is 1. The second-order valence-corrected chi connectivity index (χ2v) is 4.27. The fourth-order valence-electron chi connectivity index (χ4n) is 1.57. The van der Waals surface area contributed by atoms with E-state index in [1.54, 1.807) is 31.2 Å². The molecular weight excluding hydrogens is 262 g/mol. The summed E-state index contributed by atoms with van der Waals surface area (Å²) in [5.41, 5.74) is 1.58. The Bertz CT molecular complexity index is 431. The molecule has 0 spiro atoms. The van der Waals surface area contributed by atoms with Gasteiger partial charge in [0.1, 0.15) is 0 Å². The maximum Gasteiger partial charge on any atom is 0.383 e. The number of aryl methyl sites for hydroxylation is 1. The van der Waals surface area contributed by atoms with E-state index >= 15 is 0 Å². The molecule has 1 aromatic rings. The number of hydrogen-bond donors (Lipinski definition) is 1. The van der Waals surface area contributed by atoms with Crippen LogP contribution in [-0.2, 0) is 4.79 Å². The maximum atomic E-state index is 12.9. The SMILES string of the molecule is CCC(NC(=O)C(F)(F)C(F)F)c1ccc(C)cc1. The molecule has 1 rings (SSSR count). The predicted molar refractivity (Wildman–Crippen MR) is 63.3 cm³/mol. The molecule has 0 saturated heterocycles. The number of hydrogen-bond acceptors (Lipinski definition) is 1. The summed E-state index contributed by atoms with van der Waals surface area (Å²) in [7, 11) is 0. The van der Waals surface area contributed by atoms with Crippen LogP contribution in [0.15, 0.2) is 24.3 Å². The molecule has 0 radical (unpaired) electrons. The minimum absolute atomic E-state index is 0.327. The summed E-state index contributed by atoms with van der Waals surface area (Å²) in [6.07, 6.45) is -3.68. The molecule has 2 nitrogen and oxygen atoms in total. The maximum absolute atomic E-state index is 12.9. The number of amides is 1. The number of carbonyl (C=O) groups excluding carboxylic acids is 1. The first-order chi connectivity index (χ1) is 8.78. The molecule has 0 aliphatic carbocycles. The van der Waals surface area contributed by atoms with Crippen LogP contribution in [0.5, 0.6) is 0 Å². The average Bonchev–Trinajstić information content (AvgIpc) is 2.36. The molecule has 0 heterocycles. The first-order valence-corrected chi connectivity index (χ1v) is 5.82. The Morgan fingerprint density at radius 1 is 1.26 bits per heavy atom. The molecular formula is C13H15F4NO. The number of halogens is 4. The molecule has 1 aromatic carbocycles. The highest BCUT2D eigenvalue weighted by Crippen LogP contribution is 2.25. The summed E-state index contributed by atoms with van der Waals surface area (Å²) in [6.45, 7) is 3.53. The molecule has 19 heavy (non-hydrogen) atoms. The predicted octanol–water partition coefficient (Wildman–Crippen LogP) is 3.46. The second kappa shape index (κ2) is 6.04. The Labute approximate surface area is 108 Å². The van der Waals surface area contributed by atoms with Crippen molar-refractivity contribution in [2.45, 2.75) is 38.7 Å². The lowest BCUT2D eigenvalue weighted by atomic mass is 10.0. The van der Waals surface area contributed by atoms with E-state index in [1.165, 1.54) is 0 Å². The van der Waals surface area contributed by atoms with Gasteiger partial charge in [-0.2, -0.15) is 8.78 Å². The minimum Gasteiger partial charge on any atom is -0.344 e. The van der Waals surface area contributed by atoms with Crippen LogP contribution in [-0.4, -0.2) is 18.3 Å². The van der Waals surface area contributed by atoms with Crippen LogP contribution in [0.3, 0.4) is 0 Å². The van der Waals surface area contributed by atoms with Gasteiger partial charge in [-0.1, -0.05) is 36.8 Å². The van der Waals surface area contributed by atoms with Crippen molar-refractivity contribution in [3.63, 3.8) is 0 Å².